The molecule has 110 valence electrons. The number of carbonyl (C=O) groups excluding carboxylic acids is 1. The molecule has 21 heavy (non-hydrogen) atoms. The van der Waals surface area contributed by atoms with E-state index in [9.17, 15) is 9.59 Å². The highest BCUT2D eigenvalue weighted by atomic mass is 32.1. The van der Waals surface area contributed by atoms with Gasteiger partial charge in [0.1, 0.15) is 0 Å². The molecule has 2 N–H and O–H groups in total. The standard InChI is InChI=1S/C15H16N2O3S/c1-10-16-13(9-21-10)8-14(18)17-12-5-2-11(3-6-12)4-7-15(19)20/h2-3,5-6,9H,4,7-8H2,1H3,(H,17,18)(H,19,20). The third kappa shape index (κ3) is 5.00. The predicted octanol–water partition coefficient (Wildman–Crippen LogP) is 2.65. The van der Waals surface area contributed by atoms with E-state index in [4.69, 9.17) is 5.11 Å². The fourth-order valence-electron chi connectivity index (χ4n) is 1.87. The van der Waals surface area contributed by atoms with E-state index >= 15 is 0 Å². The number of thiazole rings is 1. The van der Waals surface area contributed by atoms with Crippen molar-refractivity contribution >= 4 is 28.9 Å². The summed E-state index contributed by atoms with van der Waals surface area (Å²) in [5.74, 6) is -0.926. The van der Waals surface area contributed by atoms with Crippen molar-refractivity contribution in [3.63, 3.8) is 0 Å². The minimum atomic E-state index is -0.814. The van der Waals surface area contributed by atoms with Gasteiger partial charge in [-0.25, -0.2) is 4.98 Å². The molecule has 0 aliphatic carbocycles. The minimum Gasteiger partial charge on any atom is -0.481 e. The molecular weight excluding hydrogens is 288 g/mol. The Morgan fingerprint density at radius 3 is 2.57 bits per heavy atom. The predicted molar refractivity (Wildman–Crippen MR) is 81.6 cm³/mol. The van der Waals surface area contributed by atoms with Crippen LogP contribution in [-0.4, -0.2) is 22.0 Å². The van der Waals surface area contributed by atoms with Crippen molar-refractivity contribution in [3.05, 3.63) is 45.9 Å². The van der Waals surface area contributed by atoms with Gasteiger partial charge in [-0.1, -0.05) is 12.1 Å². The molecule has 1 heterocycles. The fourth-order valence-corrected chi connectivity index (χ4v) is 2.48. The maximum absolute atomic E-state index is 11.9. The molecule has 6 heteroatoms. The van der Waals surface area contributed by atoms with Gasteiger partial charge in [0.05, 0.1) is 17.1 Å². The van der Waals surface area contributed by atoms with Gasteiger partial charge >= 0.3 is 5.97 Å². The Balaban J connectivity index is 1.87. The molecule has 0 bridgehead atoms. The van der Waals surface area contributed by atoms with Gasteiger partial charge in [-0.15, -0.1) is 11.3 Å². The van der Waals surface area contributed by atoms with Crippen LogP contribution >= 0.6 is 11.3 Å². The third-order valence-corrected chi connectivity index (χ3v) is 3.70. The Morgan fingerprint density at radius 2 is 2.00 bits per heavy atom. The Labute approximate surface area is 126 Å². The van der Waals surface area contributed by atoms with Gasteiger partial charge in [-0.05, 0) is 31.0 Å². The monoisotopic (exact) mass is 304 g/mol. The molecule has 0 unspecified atom stereocenters. The summed E-state index contributed by atoms with van der Waals surface area (Å²) < 4.78 is 0. The molecule has 1 aromatic carbocycles. The minimum absolute atomic E-state index is 0.106. The molecule has 0 radical (unpaired) electrons. The number of nitrogens with zero attached hydrogens (tertiary/aromatic N) is 1. The first-order valence-corrected chi connectivity index (χ1v) is 7.42. The maximum atomic E-state index is 11.9. The Bertz CT molecular complexity index is 635. The number of hydrogen-bond donors (Lipinski definition) is 2. The van der Waals surface area contributed by atoms with Crippen LogP contribution in [0.25, 0.3) is 0 Å². The average molecular weight is 304 g/mol. The normalized spacial score (nSPS) is 10.3. The van der Waals surface area contributed by atoms with Gasteiger partial charge in [0, 0.05) is 17.5 Å². The number of hydrogen-bond acceptors (Lipinski definition) is 4. The second kappa shape index (κ2) is 6.99. The van der Waals surface area contributed by atoms with Crippen LogP contribution < -0.4 is 5.32 Å². The summed E-state index contributed by atoms with van der Waals surface area (Å²) >= 11 is 1.52. The molecule has 1 aromatic heterocycles. The van der Waals surface area contributed by atoms with Crippen LogP contribution in [0.1, 0.15) is 22.7 Å². The van der Waals surface area contributed by atoms with Gasteiger partial charge < -0.3 is 10.4 Å². The van der Waals surface area contributed by atoms with E-state index in [0.29, 0.717) is 12.1 Å². The van der Waals surface area contributed by atoms with Crippen LogP contribution in [0.3, 0.4) is 0 Å². The van der Waals surface area contributed by atoms with Crippen LogP contribution in [0, 0.1) is 6.92 Å². The topological polar surface area (TPSA) is 79.3 Å². The fraction of sp³-hybridized carbons (Fsp3) is 0.267. The van der Waals surface area contributed by atoms with Crippen LogP contribution in [0.4, 0.5) is 5.69 Å². The smallest absolute Gasteiger partial charge is 0.303 e. The largest absolute Gasteiger partial charge is 0.481 e. The lowest BCUT2D eigenvalue weighted by Gasteiger charge is -2.05. The molecule has 0 spiro atoms. The van der Waals surface area contributed by atoms with E-state index in [1.165, 1.54) is 11.3 Å². The lowest BCUT2D eigenvalue weighted by Crippen LogP contribution is -2.14. The summed E-state index contributed by atoms with van der Waals surface area (Å²) in [6, 6.07) is 7.21. The quantitative estimate of drug-likeness (QED) is 0.860. The number of aliphatic carboxylic acids is 1. The lowest BCUT2D eigenvalue weighted by atomic mass is 10.1. The van der Waals surface area contributed by atoms with Crippen molar-refractivity contribution in [1.82, 2.24) is 4.98 Å². The third-order valence-electron chi connectivity index (χ3n) is 2.87. The van der Waals surface area contributed by atoms with Gasteiger partial charge in [0.25, 0.3) is 0 Å². The van der Waals surface area contributed by atoms with Crippen molar-refractivity contribution in [2.75, 3.05) is 5.32 Å². The number of rotatable bonds is 6. The summed E-state index contributed by atoms with van der Waals surface area (Å²) in [6.45, 7) is 1.90. The number of aromatic nitrogens is 1. The number of nitrogens with one attached hydrogen (secondary N) is 1. The Morgan fingerprint density at radius 1 is 1.29 bits per heavy atom. The molecule has 0 fully saturated rings. The van der Waals surface area contributed by atoms with Crippen molar-refractivity contribution in [2.45, 2.75) is 26.2 Å². The zero-order chi connectivity index (χ0) is 15.2. The first kappa shape index (κ1) is 15.2. The zero-order valence-electron chi connectivity index (χ0n) is 11.6. The summed E-state index contributed by atoms with van der Waals surface area (Å²) in [5.41, 5.74) is 2.41. The number of amides is 1. The summed E-state index contributed by atoms with van der Waals surface area (Å²) in [6.07, 6.45) is 0.849. The summed E-state index contributed by atoms with van der Waals surface area (Å²) in [7, 11) is 0. The number of aryl methyl sites for hydroxylation is 2. The van der Waals surface area contributed by atoms with Crippen LogP contribution in [0.5, 0.6) is 0 Å². The molecular formula is C15H16N2O3S. The molecule has 0 aliphatic rings. The van der Waals surface area contributed by atoms with Crippen LogP contribution in [0.15, 0.2) is 29.6 Å². The van der Waals surface area contributed by atoms with Gasteiger partial charge in [0.2, 0.25) is 5.91 Å². The van der Waals surface area contributed by atoms with Gasteiger partial charge in [-0.2, -0.15) is 0 Å². The Kier molecular flexibility index (Phi) is 5.05. The zero-order valence-corrected chi connectivity index (χ0v) is 12.4. The first-order valence-electron chi connectivity index (χ1n) is 6.54. The first-order chi connectivity index (χ1) is 10.0. The van der Waals surface area contributed by atoms with E-state index in [1.807, 2.05) is 24.4 Å². The molecule has 0 saturated heterocycles. The van der Waals surface area contributed by atoms with Crippen LogP contribution in [0.2, 0.25) is 0 Å². The number of benzene rings is 1. The van der Waals surface area contributed by atoms with E-state index in [0.717, 1.165) is 16.3 Å². The molecule has 5 nitrogen and oxygen atoms in total. The average Bonchev–Trinajstić information content (AvgIpc) is 2.83. The van der Waals surface area contributed by atoms with Crippen molar-refractivity contribution in [2.24, 2.45) is 0 Å². The van der Waals surface area contributed by atoms with Crippen molar-refractivity contribution < 1.29 is 14.7 Å². The SMILES string of the molecule is Cc1nc(CC(=O)Nc2ccc(CCC(=O)O)cc2)cs1. The van der Waals surface area contributed by atoms with Crippen molar-refractivity contribution in [1.29, 1.82) is 0 Å². The molecule has 2 aromatic rings. The number of anilines is 1. The second-order valence-electron chi connectivity index (χ2n) is 4.67. The molecule has 0 atom stereocenters. The molecule has 0 aliphatic heterocycles. The highest BCUT2D eigenvalue weighted by Gasteiger charge is 2.07. The van der Waals surface area contributed by atoms with Gasteiger partial charge in [0.15, 0.2) is 0 Å². The highest BCUT2D eigenvalue weighted by molar-refractivity contribution is 7.09. The molecule has 2 rings (SSSR count). The van der Waals surface area contributed by atoms with E-state index in [1.54, 1.807) is 12.1 Å². The maximum Gasteiger partial charge on any atom is 0.303 e. The number of carboxylic acid groups (broad SMARTS) is 1. The second-order valence-corrected chi connectivity index (χ2v) is 5.74. The highest BCUT2D eigenvalue weighted by Crippen LogP contribution is 2.13. The lowest BCUT2D eigenvalue weighted by molar-refractivity contribution is -0.137. The van der Waals surface area contributed by atoms with Crippen LogP contribution in [-0.2, 0) is 22.4 Å². The molecule has 1 amide bonds. The number of carboxylic acids is 1. The van der Waals surface area contributed by atoms with E-state index in [2.05, 4.69) is 10.3 Å². The summed E-state index contributed by atoms with van der Waals surface area (Å²) in [5, 5.41) is 14.3. The van der Waals surface area contributed by atoms with Crippen molar-refractivity contribution in [3.8, 4) is 0 Å². The number of carbonyl (C=O) groups is 2. The van der Waals surface area contributed by atoms with Gasteiger partial charge in [-0.3, -0.25) is 9.59 Å². The van der Waals surface area contributed by atoms with E-state index in [-0.39, 0.29) is 18.7 Å². The summed E-state index contributed by atoms with van der Waals surface area (Å²) in [4.78, 5) is 26.6. The van der Waals surface area contributed by atoms with E-state index < -0.39 is 5.97 Å². The Hall–Kier alpha value is -2.21. The molecule has 0 saturated carbocycles.